The Morgan fingerprint density at radius 1 is 0.800 bits per heavy atom. The SMILES string of the molecule is O=C(COC(=O)P)CC(=O)COC(=O)P. The normalized spacial score (nSPS) is 9.20. The number of hydrogen-bond acceptors (Lipinski definition) is 6. The van der Waals surface area contributed by atoms with Crippen molar-refractivity contribution in [3.05, 3.63) is 0 Å². The van der Waals surface area contributed by atoms with Gasteiger partial charge in [0.2, 0.25) is 0 Å². The molecule has 0 aliphatic carbocycles. The molecule has 0 aromatic heterocycles. The summed E-state index contributed by atoms with van der Waals surface area (Å²) < 4.78 is 8.68. The van der Waals surface area contributed by atoms with E-state index in [9.17, 15) is 19.2 Å². The van der Waals surface area contributed by atoms with Crippen LogP contribution in [0.1, 0.15) is 6.42 Å². The molecule has 0 aromatic carbocycles. The zero-order valence-corrected chi connectivity index (χ0v) is 10.0. The smallest absolute Gasteiger partial charge is 0.320 e. The Labute approximate surface area is 90.5 Å². The van der Waals surface area contributed by atoms with E-state index in [1.165, 1.54) is 0 Å². The van der Waals surface area contributed by atoms with Crippen molar-refractivity contribution >= 4 is 41.5 Å². The molecule has 2 unspecified atom stereocenters. The Hall–Kier alpha value is -0.860. The monoisotopic (exact) mass is 252 g/mol. The standard InChI is InChI=1S/C7H10O6P2/c8-4(2-12-6(10)14)1-5(9)3-13-7(11)15/h1-3,14-15H2. The molecule has 0 aliphatic rings. The van der Waals surface area contributed by atoms with Crippen molar-refractivity contribution in [2.75, 3.05) is 13.2 Å². The Morgan fingerprint density at radius 3 is 1.40 bits per heavy atom. The largest absolute Gasteiger partial charge is 0.455 e. The maximum atomic E-state index is 10.9. The molecule has 0 saturated heterocycles. The number of hydrogen-bond donors (Lipinski definition) is 0. The molecule has 0 saturated carbocycles. The molecule has 8 heteroatoms. The van der Waals surface area contributed by atoms with E-state index in [2.05, 4.69) is 9.47 Å². The highest BCUT2D eigenvalue weighted by Crippen LogP contribution is 1.96. The van der Waals surface area contributed by atoms with Gasteiger partial charge in [-0.3, -0.25) is 9.59 Å². The van der Waals surface area contributed by atoms with Gasteiger partial charge < -0.3 is 9.47 Å². The fraction of sp³-hybridized carbons (Fsp3) is 0.429. The molecule has 0 radical (unpaired) electrons. The van der Waals surface area contributed by atoms with Crippen molar-refractivity contribution in [3.63, 3.8) is 0 Å². The first kappa shape index (κ1) is 14.1. The van der Waals surface area contributed by atoms with Crippen LogP contribution in [0.2, 0.25) is 0 Å². The third kappa shape index (κ3) is 9.44. The van der Waals surface area contributed by atoms with Gasteiger partial charge in [-0.2, -0.15) is 0 Å². The highest BCUT2D eigenvalue weighted by molar-refractivity contribution is 7.39. The maximum absolute atomic E-state index is 10.9. The van der Waals surface area contributed by atoms with Gasteiger partial charge in [-0.1, -0.05) is 0 Å². The third-order valence-corrected chi connectivity index (χ3v) is 1.48. The average molecular weight is 252 g/mol. The molecule has 0 bridgehead atoms. The first-order valence-electron chi connectivity index (χ1n) is 3.79. The van der Waals surface area contributed by atoms with Crippen molar-refractivity contribution in [3.8, 4) is 0 Å². The molecule has 84 valence electrons. The molecule has 0 aliphatic heterocycles. The summed E-state index contributed by atoms with van der Waals surface area (Å²) in [5, 5.41) is 0. The Morgan fingerprint density at radius 2 is 1.13 bits per heavy atom. The second-order valence-electron chi connectivity index (χ2n) is 2.47. The lowest BCUT2D eigenvalue weighted by atomic mass is 10.2. The molecular weight excluding hydrogens is 242 g/mol. The molecule has 0 rings (SSSR count). The molecule has 0 amide bonds. The minimum absolute atomic E-state index is 0.421. The summed E-state index contributed by atoms with van der Waals surface area (Å²) in [5.41, 5.74) is -1.35. The van der Waals surface area contributed by atoms with E-state index < -0.39 is 42.6 Å². The van der Waals surface area contributed by atoms with Gasteiger partial charge in [0, 0.05) is 0 Å². The van der Waals surface area contributed by atoms with Crippen LogP contribution < -0.4 is 0 Å². The van der Waals surface area contributed by atoms with Crippen molar-refractivity contribution < 1.29 is 28.7 Å². The molecular formula is C7H10O6P2. The van der Waals surface area contributed by atoms with Crippen LogP contribution in [0.5, 0.6) is 0 Å². The topological polar surface area (TPSA) is 86.7 Å². The second-order valence-corrected chi connectivity index (χ2v) is 3.41. The molecule has 0 aromatic rings. The predicted octanol–water partition coefficient (Wildman–Crippen LogP) is 0.538. The van der Waals surface area contributed by atoms with Crippen molar-refractivity contribution in [1.82, 2.24) is 0 Å². The third-order valence-electron chi connectivity index (χ3n) is 1.15. The van der Waals surface area contributed by atoms with E-state index in [4.69, 9.17) is 0 Å². The Bertz CT molecular complexity index is 259. The lowest BCUT2D eigenvalue weighted by Crippen LogP contribution is -2.18. The number of ketones is 2. The van der Waals surface area contributed by atoms with Gasteiger partial charge >= 0.3 is 11.4 Å². The maximum Gasteiger partial charge on any atom is 0.320 e. The molecule has 0 fully saturated rings. The number of carbonyl (C=O) groups excluding carboxylic acids is 4. The Kier molecular flexibility index (Phi) is 7.01. The van der Waals surface area contributed by atoms with Crippen LogP contribution in [-0.4, -0.2) is 36.2 Å². The molecule has 0 N–H and O–H groups in total. The highest BCUT2D eigenvalue weighted by Gasteiger charge is 2.11. The molecule has 0 heterocycles. The zero-order valence-electron chi connectivity index (χ0n) is 7.73. The number of rotatable bonds is 6. The first-order valence-corrected chi connectivity index (χ1v) is 4.95. The lowest BCUT2D eigenvalue weighted by molar-refractivity contribution is -0.129. The predicted molar refractivity (Wildman–Crippen MR) is 56.7 cm³/mol. The van der Waals surface area contributed by atoms with Crippen LogP contribution in [0.15, 0.2) is 0 Å². The summed E-state index contributed by atoms with van der Waals surface area (Å²) in [6, 6.07) is 0. The van der Waals surface area contributed by atoms with Crippen molar-refractivity contribution in [2.24, 2.45) is 0 Å². The summed E-state index contributed by atoms with van der Waals surface area (Å²) in [7, 11) is 3.46. The molecule has 0 spiro atoms. The van der Waals surface area contributed by atoms with Gasteiger partial charge in [0.15, 0.2) is 24.8 Å². The first-order chi connectivity index (χ1) is 6.91. The van der Waals surface area contributed by atoms with Crippen LogP contribution in [0, 0.1) is 0 Å². The van der Waals surface area contributed by atoms with Crippen LogP contribution in [0.3, 0.4) is 0 Å². The van der Waals surface area contributed by atoms with E-state index in [0.717, 1.165) is 0 Å². The van der Waals surface area contributed by atoms with Crippen LogP contribution in [0.4, 0.5) is 9.59 Å². The summed E-state index contributed by atoms with van der Waals surface area (Å²) in [5.74, 6) is -1.09. The van der Waals surface area contributed by atoms with Gasteiger partial charge in [0.1, 0.15) is 0 Å². The summed E-state index contributed by atoms with van der Waals surface area (Å²) in [6.45, 7) is -0.911. The van der Waals surface area contributed by atoms with Crippen LogP contribution in [-0.2, 0) is 19.1 Å². The zero-order chi connectivity index (χ0) is 11.8. The quantitative estimate of drug-likeness (QED) is 0.506. The van der Waals surface area contributed by atoms with Gasteiger partial charge in [0.05, 0.1) is 6.42 Å². The van der Waals surface area contributed by atoms with Gasteiger partial charge in [-0.05, 0) is 18.5 Å². The summed E-state index contributed by atoms with van der Waals surface area (Å²) in [6.07, 6.45) is -0.421. The van der Waals surface area contributed by atoms with Gasteiger partial charge in [0.25, 0.3) is 0 Å². The van der Waals surface area contributed by atoms with E-state index in [1.807, 2.05) is 0 Å². The average Bonchev–Trinajstić information content (AvgIpc) is 2.11. The second kappa shape index (κ2) is 7.43. The number of ether oxygens (including phenoxy) is 2. The van der Waals surface area contributed by atoms with Crippen molar-refractivity contribution in [1.29, 1.82) is 0 Å². The van der Waals surface area contributed by atoms with E-state index >= 15 is 0 Å². The molecule has 15 heavy (non-hydrogen) atoms. The highest BCUT2D eigenvalue weighted by atomic mass is 31.0. The number of carbonyl (C=O) groups is 4. The number of Topliss-reactive ketones (excluding diaryl/α,β-unsaturated/α-hetero) is 2. The molecule has 2 atom stereocenters. The minimum Gasteiger partial charge on any atom is -0.455 e. The summed E-state index contributed by atoms with van der Waals surface area (Å²) in [4.78, 5) is 42.5. The van der Waals surface area contributed by atoms with Crippen LogP contribution in [0.25, 0.3) is 0 Å². The van der Waals surface area contributed by atoms with Crippen LogP contribution >= 0.6 is 18.5 Å². The molecule has 6 nitrogen and oxygen atoms in total. The Balaban J connectivity index is 3.71. The minimum atomic E-state index is -0.674. The lowest BCUT2D eigenvalue weighted by Gasteiger charge is -2.01. The van der Waals surface area contributed by atoms with Gasteiger partial charge in [-0.15, -0.1) is 0 Å². The fourth-order valence-electron chi connectivity index (χ4n) is 0.625. The van der Waals surface area contributed by atoms with E-state index in [-0.39, 0.29) is 0 Å². The van der Waals surface area contributed by atoms with E-state index in [0.29, 0.717) is 0 Å². The van der Waals surface area contributed by atoms with E-state index in [1.54, 1.807) is 18.5 Å². The summed E-state index contributed by atoms with van der Waals surface area (Å²) >= 11 is 0. The van der Waals surface area contributed by atoms with Crippen molar-refractivity contribution in [2.45, 2.75) is 6.42 Å². The fourth-order valence-corrected chi connectivity index (χ4v) is 0.792. The van der Waals surface area contributed by atoms with Gasteiger partial charge in [-0.25, -0.2) is 9.59 Å².